The quantitative estimate of drug-likeness (QED) is 0.802. The maximum atomic E-state index is 5.75. The maximum absolute atomic E-state index is 5.75. The molecule has 5 nitrogen and oxygen atoms in total. The number of hydrogen-bond donors (Lipinski definition) is 0. The van der Waals surface area contributed by atoms with Gasteiger partial charge in [0.2, 0.25) is 0 Å². The fourth-order valence-corrected chi connectivity index (χ4v) is 1.98. The van der Waals surface area contributed by atoms with Crippen LogP contribution >= 0.6 is 12.4 Å². The van der Waals surface area contributed by atoms with E-state index >= 15 is 0 Å². The number of hydrogen-bond acceptors (Lipinski definition) is 5. The van der Waals surface area contributed by atoms with Crippen molar-refractivity contribution < 1.29 is 18.9 Å². The van der Waals surface area contributed by atoms with Gasteiger partial charge in [0.25, 0.3) is 0 Å². The molecule has 2 rings (SSSR count). The minimum absolute atomic E-state index is 0. The third-order valence-corrected chi connectivity index (χ3v) is 3.10. The molecule has 1 aliphatic heterocycles. The smallest absolute Gasteiger partial charge is 0.126 e. The molecule has 0 spiro atoms. The molecule has 1 fully saturated rings. The first-order chi connectivity index (χ1) is 9.31. The third kappa shape index (κ3) is 5.07. The summed E-state index contributed by atoms with van der Waals surface area (Å²) in [5.74, 6) is 2.24. The molecule has 0 radical (unpaired) electrons. The highest BCUT2D eigenvalue weighted by Gasteiger charge is 2.10. The number of rotatable bonds is 6. The summed E-state index contributed by atoms with van der Waals surface area (Å²) in [5.41, 5.74) is 0. The predicted molar refractivity (Wildman–Crippen MR) is 79.5 cm³/mol. The zero-order valence-electron chi connectivity index (χ0n) is 12.0. The van der Waals surface area contributed by atoms with Crippen molar-refractivity contribution in [2.75, 3.05) is 53.7 Å². The zero-order chi connectivity index (χ0) is 13.5. The Morgan fingerprint density at radius 2 is 1.55 bits per heavy atom. The molecule has 1 aromatic rings. The summed E-state index contributed by atoms with van der Waals surface area (Å²) < 4.78 is 21.5. The lowest BCUT2D eigenvalue weighted by Crippen LogP contribution is -2.38. The van der Waals surface area contributed by atoms with Crippen LogP contribution in [0.5, 0.6) is 17.2 Å². The van der Waals surface area contributed by atoms with Gasteiger partial charge in [0.1, 0.15) is 23.9 Å². The number of nitrogens with zero attached hydrogens (tertiary/aromatic N) is 1. The van der Waals surface area contributed by atoms with E-state index in [1.54, 1.807) is 14.2 Å². The second-order valence-electron chi connectivity index (χ2n) is 4.35. The molecule has 0 N–H and O–H groups in total. The molecule has 0 unspecified atom stereocenters. The molecule has 1 saturated heterocycles. The third-order valence-electron chi connectivity index (χ3n) is 3.10. The fraction of sp³-hybridized carbons (Fsp3) is 0.571. The van der Waals surface area contributed by atoms with Crippen molar-refractivity contribution >= 4 is 12.4 Å². The highest BCUT2D eigenvalue weighted by atomic mass is 35.5. The van der Waals surface area contributed by atoms with Crippen molar-refractivity contribution in [3.8, 4) is 17.2 Å². The van der Waals surface area contributed by atoms with E-state index in [1.807, 2.05) is 18.2 Å². The highest BCUT2D eigenvalue weighted by molar-refractivity contribution is 5.85. The first-order valence-electron chi connectivity index (χ1n) is 6.48. The lowest BCUT2D eigenvalue weighted by molar-refractivity contribution is 0.0322. The van der Waals surface area contributed by atoms with Gasteiger partial charge >= 0.3 is 0 Å². The first-order valence-corrected chi connectivity index (χ1v) is 6.48. The van der Waals surface area contributed by atoms with Gasteiger partial charge in [-0.3, -0.25) is 4.90 Å². The van der Waals surface area contributed by atoms with Crippen LogP contribution in [-0.2, 0) is 4.74 Å². The van der Waals surface area contributed by atoms with Gasteiger partial charge < -0.3 is 18.9 Å². The van der Waals surface area contributed by atoms with Gasteiger partial charge in [0, 0.05) is 37.8 Å². The average Bonchev–Trinajstić information content (AvgIpc) is 2.48. The summed E-state index contributed by atoms with van der Waals surface area (Å²) in [6.07, 6.45) is 0. The van der Waals surface area contributed by atoms with Crippen molar-refractivity contribution in [2.45, 2.75) is 0 Å². The average molecular weight is 304 g/mol. The molecule has 6 heteroatoms. The molecule has 0 aliphatic carbocycles. The Balaban J connectivity index is 0.00000200. The summed E-state index contributed by atoms with van der Waals surface area (Å²) in [6.45, 7) is 5.13. The van der Waals surface area contributed by atoms with E-state index < -0.39 is 0 Å². The number of halogens is 1. The molecule has 0 saturated carbocycles. The van der Waals surface area contributed by atoms with Crippen LogP contribution in [0.4, 0.5) is 0 Å². The largest absolute Gasteiger partial charge is 0.496 e. The Kier molecular flexibility index (Phi) is 7.51. The van der Waals surface area contributed by atoms with Crippen LogP contribution in [0.1, 0.15) is 0 Å². The molecule has 1 heterocycles. The molecule has 0 aromatic heterocycles. The van der Waals surface area contributed by atoms with Crippen LogP contribution < -0.4 is 14.2 Å². The Hall–Kier alpha value is -1.17. The number of methoxy groups -OCH3 is 2. The van der Waals surface area contributed by atoms with Crippen LogP contribution in [0.3, 0.4) is 0 Å². The molecule has 1 aromatic carbocycles. The van der Waals surface area contributed by atoms with Crippen LogP contribution in [-0.4, -0.2) is 58.6 Å². The van der Waals surface area contributed by atoms with E-state index in [4.69, 9.17) is 18.9 Å². The lowest BCUT2D eigenvalue weighted by Gasteiger charge is -2.26. The summed E-state index contributed by atoms with van der Waals surface area (Å²) in [5, 5.41) is 0. The van der Waals surface area contributed by atoms with E-state index in [1.165, 1.54) is 0 Å². The Morgan fingerprint density at radius 1 is 1.00 bits per heavy atom. The normalized spacial score (nSPS) is 15.3. The van der Waals surface area contributed by atoms with E-state index in [-0.39, 0.29) is 12.4 Å². The number of morpholine rings is 1. The fourth-order valence-electron chi connectivity index (χ4n) is 1.98. The second kappa shape index (κ2) is 8.89. The predicted octanol–water partition coefficient (Wildman–Crippen LogP) is 1.84. The van der Waals surface area contributed by atoms with E-state index in [0.29, 0.717) is 6.61 Å². The Bertz CT molecular complexity index is 375. The van der Waals surface area contributed by atoms with Crippen molar-refractivity contribution in [2.24, 2.45) is 0 Å². The van der Waals surface area contributed by atoms with Crippen LogP contribution in [0.15, 0.2) is 18.2 Å². The number of benzene rings is 1. The van der Waals surface area contributed by atoms with Crippen LogP contribution in [0, 0.1) is 0 Å². The van der Waals surface area contributed by atoms with Crippen molar-refractivity contribution in [1.29, 1.82) is 0 Å². The Morgan fingerprint density at radius 3 is 2.10 bits per heavy atom. The van der Waals surface area contributed by atoms with Gasteiger partial charge in [-0.2, -0.15) is 0 Å². The van der Waals surface area contributed by atoms with Gasteiger partial charge in [-0.25, -0.2) is 0 Å². The van der Waals surface area contributed by atoms with Crippen LogP contribution in [0.25, 0.3) is 0 Å². The van der Waals surface area contributed by atoms with Crippen molar-refractivity contribution in [3.05, 3.63) is 18.2 Å². The summed E-state index contributed by atoms with van der Waals surface area (Å²) in [7, 11) is 3.26. The molecule has 20 heavy (non-hydrogen) atoms. The summed E-state index contributed by atoms with van der Waals surface area (Å²) in [4.78, 5) is 2.33. The minimum Gasteiger partial charge on any atom is -0.496 e. The Labute approximate surface area is 126 Å². The van der Waals surface area contributed by atoms with E-state index in [9.17, 15) is 0 Å². The summed E-state index contributed by atoms with van der Waals surface area (Å²) >= 11 is 0. The molecular weight excluding hydrogens is 282 g/mol. The molecule has 0 bridgehead atoms. The monoisotopic (exact) mass is 303 g/mol. The van der Waals surface area contributed by atoms with Crippen LogP contribution in [0.2, 0.25) is 0 Å². The van der Waals surface area contributed by atoms with Gasteiger partial charge in [-0.1, -0.05) is 0 Å². The zero-order valence-corrected chi connectivity index (χ0v) is 12.8. The lowest BCUT2D eigenvalue weighted by atomic mass is 10.3. The number of ether oxygens (including phenoxy) is 4. The van der Waals surface area contributed by atoms with E-state index in [2.05, 4.69) is 4.90 Å². The van der Waals surface area contributed by atoms with Gasteiger partial charge in [-0.15, -0.1) is 12.4 Å². The molecule has 0 amide bonds. The second-order valence-corrected chi connectivity index (χ2v) is 4.35. The molecular formula is C14H22ClNO4. The van der Waals surface area contributed by atoms with Gasteiger partial charge in [0.15, 0.2) is 0 Å². The SMILES string of the molecule is COc1cc(OC)cc(OCCN2CCOCC2)c1.Cl. The molecule has 114 valence electrons. The van der Waals surface area contributed by atoms with Crippen molar-refractivity contribution in [3.63, 3.8) is 0 Å². The van der Waals surface area contributed by atoms with Crippen molar-refractivity contribution in [1.82, 2.24) is 4.90 Å². The molecule has 0 atom stereocenters. The van der Waals surface area contributed by atoms with E-state index in [0.717, 1.165) is 50.1 Å². The molecule has 1 aliphatic rings. The van der Waals surface area contributed by atoms with Gasteiger partial charge in [0.05, 0.1) is 27.4 Å². The summed E-state index contributed by atoms with van der Waals surface area (Å²) in [6, 6.07) is 5.55. The highest BCUT2D eigenvalue weighted by Crippen LogP contribution is 2.27. The standard InChI is InChI=1S/C14H21NO4.ClH/c1-16-12-9-13(17-2)11-14(10-12)19-8-5-15-3-6-18-7-4-15;/h9-11H,3-8H2,1-2H3;1H. The van der Waals surface area contributed by atoms with Gasteiger partial charge in [-0.05, 0) is 0 Å². The first kappa shape index (κ1) is 16.9. The minimum atomic E-state index is 0. The topological polar surface area (TPSA) is 40.2 Å². The maximum Gasteiger partial charge on any atom is 0.126 e.